The summed E-state index contributed by atoms with van der Waals surface area (Å²) in [7, 11) is 0. The van der Waals surface area contributed by atoms with Crippen molar-refractivity contribution in [2.24, 2.45) is 10.8 Å². The lowest BCUT2D eigenvalue weighted by Crippen LogP contribution is -2.29. The minimum absolute atomic E-state index is 0.110. The van der Waals surface area contributed by atoms with Crippen molar-refractivity contribution < 1.29 is 4.39 Å². The van der Waals surface area contributed by atoms with E-state index in [2.05, 4.69) is 5.10 Å². The Labute approximate surface area is 86.7 Å². The Kier molecular flexibility index (Phi) is 2.37. The molecule has 3 N–H and O–H groups in total. The first-order chi connectivity index (χ1) is 7.18. The largest absolute Gasteiger partial charge is 0.369 e. The number of nitrogens with zero attached hydrogens (tertiary/aromatic N) is 2. The van der Waals surface area contributed by atoms with E-state index < -0.39 is 0 Å². The van der Waals surface area contributed by atoms with Gasteiger partial charge in [0.25, 0.3) is 0 Å². The molecule has 0 saturated heterocycles. The molecule has 0 unspecified atom stereocenters. The lowest BCUT2D eigenvalue weighted by molar-refractivity contribution is 0.482. The van der Waals surface area contributed by atoms with Crippen LogP contribution < -0.4 is 5.73 Å². The number of hydrogen-bond donors (Lipinski definition) is 2. The van der Waals surface area contributed by atoms with Gasteiger partial charge in [-0.05, 0) is 6.07 Å². The van der Waals surface area contributed by atoms with Gasteiger partial charge >= 0.3 is 0 Å². The fourth-order valence-corrected chi connectivity index (χ4v) is 1.52. The van der Waals surface area contributed by atoms with E-state index in [-0.39, 0.29) is 11.8 Å². The van der Waals surface area contributed by atoms with Gasteiger partial charge in [-0.15, -0.1) is 0 Å². The molecule has 0 bridgehead atoms. The quantitative estimate of drug-likeness (QED) is 0.534. The first-order valence-corrected chi connectivity index (χ1v) is 4.62. The molecule has 15 heavy (non-hydrogen) atoms. The smallest absolute Gasteiger partial charge is 0.209 e. The molecule has 4 nitrogen and oxygen atoms in total. The van der Waals surface area contributed by atoms with Crippen LogP contribution in [0.25, 0.3) is 0 Å². The molecule has 1 aromatic rings. The van der Waals surface area contributed by atoms with E-state index in [4.69, 9.17) is 11.1 Å². The Hall–Kier alpha value is -1.91. The zero-order chi connectivity index (χ0) is 10.8. The van der Waals surface area contributed by atoms with Crippen molar-refractivity contribution in [3.63, 3.8) is 0 Å². The predicted molar refractivity (Wildman–Crippen MR) is 56.2 cm³/mol. The maximum absolute atomic E-state index is 13.4. The van der Waals surface area contributed by atoms with Crippen molar-refractivity contribution in [3.8, 4) is 0 Å². The summed E-state index contributed by atoms with van der Waals surface area (Å²) in [6.07, 6.45) is 0.612. The summed E-state index contributed by atoms with van der Waals surface area (Å²) in [6, 6.07) is 6.47. The summed E-state index contributed by atoms with van der Waals surface area (Å²) in [5.41, 5.74) is 6.41. The highest BCUT2D eigenvalue weighted by molar-refractivity contribution is 6.02. The summed E-state index contributed by atoms with van der Waals surface area (Å²) in [5.74, 6) is -0.400. The highest BCUT2D eigenvalue weighted by Gasteiger charge is 2.19. The van der Waals surface area contributed by atoms with Crippen LogP contribution in [0.4, 0.5) is 4.39 Å². The van der Waals surface area contributed by atoms with Gasteiger partial charge in [0.15, 0.2) is 0 Å². The fourth-order valence-electron chi connectivity index (χ4n) is 1.52. The SMILES string of the molecule is N=C(N)N1CCC(c2ccccc2F)=N1. The molecule has 1 heterocycles. The van der Waals surface area contributed by atoms with Crippen LogP contribution in [0.5, 0.6) is 0 Å². The first-order valence-electron chi connectivity index (χ1n) is 4.62. The van der Waals surface area contributed by atoms with Gasteiger partial charge in [0, 0.05) is 12.0 Å². The molecule has 1 aliphatic heterocycles. The molecule has 0 aliphatic carbocycles. The van der Waals surface area contributed by atoms with E-state index in [0.717, 1.165) is 0 Å². The van der Waals surface area contributed by atoms with Gasteiger partial charge in [-0.1, -0.05) is 18.2 Å². The Morgan fingerprint density at radius 1 is 1.47 bits per heavy atom. The molecular formula is C10H11FN4. The molecule has 1 aromatic carbocycles. The molecule has 78 valence electrons. The normalized spacial score (nSPS) is 15.3. The average molecular weight is 206 g/mol. The van der Waals surface area contributed by atoms with Crippen molar-refractivity contribution >= 4 is 11.7 Å². The summed E-state index contributed by atoms with van der Waals surface area (Å²) >= 11 is 0. The molecule has 0 atom stereocenters. The second-order valence-electron chi connectivity index (χ2n) is 3.28. The van der Waals surface area contributed by atoms with Gasteiger partial charge in [0.1, 0.15) is 5.82 Å². The maximum atomic E-state index is 13.4. The Morgan fingerprint density at radius 3 is 2.80 bits per heavy atom. The topological polar surface area (TPSA) is 65.5 Å². The second kappa shape index (κ2) is 3.68. The number of benzene rings is 1. The van der Waals surface area contributed by atoms with Crippen molar-refractivity contribution in [1.82, 2.24) is 5.01 Å². The number of hydrazone groups is 1. The summed E-state index contributed by atoms with van der Waals surface area (Å²) in [6.45, 7) is 0.541. The van der Waals surface area contributed by atoms with Gasteiger partial charge in [-0.25, -0.2) is 9.40 Å². The number of guanidine groups is 1. The van der Waals surface area contributed by atoms with Crippen LogP contribution >= 0.6 is 0 Å². The number of rotatable bonds is 1. The van der Waals surface area contributed by atoms with Crippen molar-refractivity contribution in [2.45, 2.75) is 6.42 Å². The average Bonchev–Trinajstić information content (AvgIpc) is 2.67. The molecule has 0 radical (unpaired) electrons. The van der Waals surface area contributed by atoms with Crippen LogP contribution in [0.15, 0.2) is 29.4 Å². The third-order valence-electron chi connectivity index (χ3n) is 2.26. The molecular weight excluding hydrogens is 195 g/mol. The molecule has 0 fully saturated rings. The minimum atomic E-state index is -0.290. The highest BCUT2D eigenvalue weighted by Crippen LogP contribution is 2.15. The minimum Gasteiger partial charge on any atom is -0.369 e. The zero-order valence-corrected chi connectivity index (χ0v) is 8.07. The van der Waals surface area contributed by atoms with Crippen molar-refractivity contribution in [1.29, 1.82) is 5.41 Å². The molecule has 1 aliphatic rings. The summed E-state index contributed by atoms with van der Waals surface area (Å²) in [4.78, 5) is 0. The van der Waals surface area contributed by atoms with Crippen LogP contribution in [-0.2, 0) is 0 Å². The molecule has 5 heteroatoms. The van der Waals surface area contributed by atoms with E-state index >= 15 is 0 Å². The third-order valence-corrected chi connectivity index (χ3v) is 2.26. The van der Waals surface area contributed by atoms with Crippen LogP contribution in [0.3, 0.4) is 0 Å². The van der Waals surface area contributed by atoms with Crippen LogP contribution in [0.1, 0.15) is 12.0 Å². The second-order valence-corrected chi connectivity index (χ2v) is 3.28. The van der Waals surface area contributed by atoms with Crippen molar-refractivity contribution in [2.75, 3.05) is 6.54 Å². The third kappa shape index (κ3) is 1.81. The van der Waals surface area contributed by atoms with Crippen molar-refractivity contribution in [3.05, 3.63) is 35.6 Å². The number of nitrogens with one attached hydrogen (secondary N) is 1. The standard InChI is InChI=1S/C10H11FN4/c11-8-4-2-1-3-7(8)9-5-6-15(14-9)10(12)13/h1-4H,5-6H2,(H3,12,13). The van der Waals surface area contributed by atoms with E-state index in [1.807, 2.05) is 0 Å². The van der Waals surface area contributed by atoms with Gasteiger partial charge in [-0.2, -0.15) is 5.10 Å². The molecule has 2 rings (SSSR count). The number of halogens is 1. The Morgan fingerprint density at radius 2 is 2.20 bits per heavy atom. The maximum Gasteiger partial charge on any atom is 0.209 e. The number of nitrogens with two attached hydrogens (primary N) is 1. The Balaban J connectivity index is 2.30. The van der Waals surface area contributed by atoms with Gasteiger partial charge < -0.3 is 5.73 Å². The van der Waals surface area contributed by atoms with E-state index in [9.17, 15) is 4.39 Å². The van der Waals surface area contributed by atoms with E-state index in [1.54, 1.807) is 18.2 Å². The Bertz CT molecular complexity index is 427. The molecule has 0 aromatic heterocycles. The number of hydrogen-bond acceptors (Lipinski definition) is 2. The molecule has 0 spiro atoms. The lowest BCUT2D eigenvalue weighted by atomic mass is 10.1. The summed E-state index contributed by atoms with van der Waals surface area (Å²) in [5, 5.41) is 12.6. The van der Waals surface area contributed by atoms with E-state index in [0.29, 0.717) is 24.2 Å². The monoisotopic (exact) mass is 206 g/mol. The summed E-state index contributed by atoms with van der Waals surface area (Å²) < 4.78 is 13.4. The van der Waals surface area contributed by atoms with Gasteiger partial charge in [-0.3, -0.25) is 5.41 Å². The van der Waals surface area contributed by atoms with Crippen LogP contribution in [0, 0.1) is 11.2 Å². The van der Waals surface area contributed by atoms with Crippen LogP contribution in [-0.4, -0.2) is 23.2 Å². The van der Waals surface area contributed by atoms with Crippen LogP contribution in [0.2, 0.25) is 0 Å². The fraction of sp³-hybridized carbons (Fsp3) is 0.200. The zero-order valence-electron chi connectivity index (χ0n) is 8.07. The van der Waals surface area contributed by atoms with E-state index in [1.165, 1.54) is 11.1 Å². The lowest BCUT2D eigenvalue weighted by Gasteiger charge is -2.08. The highest BCUT2D eigenvalue weighted by atomic mass is 19.1. The first kappa shape index (κ1) is 9.64. The van der Waals surface area contributed by atoms with Gasteiger partial charge in [0.05, 0.1) is 12.3 Å². The molecule has 0 saturated carbocycles. The predicted octanol–water partition coefficient (Wildman–Crippen LogP) is 1.13. The molecule has 0 amide bonds. The van der Waals surface area contributed by atoms with Gasteiger partial charge in [0.2, 0.25) is 5.96 Å².